The third-order valence-electron chi connectivity index (χ3n) is 9.11. The summed E-state index contributed by atoms with van der Waals surface area (Å²) in [5, 5.41) is 5.54. The number of thioether (sulfide) groups is 1. The Morgan fingerprint density at radius 1 is 1.07 bits per heavy atom. The maximum Gasteiger partial charge on any atom is 0.0518 e. The molecule has 5 atom stereocenters. The molecule has 1 N–H and O–H groups in total. The molecule has 6 rings (SSSR count). The number of allylic oxidation sites excluding steroid dienone is 13. The Kier molecular flexibility index (Phi) is 8.66. The molecule has 0 amide bonds. The predicted octanol–water partition coefficient (Wildman–Crippen LogP) is 11.2. The summed E-state index contributed by atoms with van der Waals surface area (Å²) in [6.45, 7) is 19.2. The molecule has 2 aromatic rings. The van der Waals surface area contributed by atoms with Gasteiger partial charge in [0, 0.05) is 37.7 Å². The molecule has 1 aromatic heterocycles. The van der Waals surface area contributed by atoms with Crippen molar-refractivity contribution in [1.82, 2.24) is 5.32 Å². The third-order valence-corrected chi connectivity index (χ3v) is 11.8. The van der Waals surface area contributed by atoms with Gasteiger partial charge in [-0.1, -0.05) is 118 Å². The standard InChI is InChI=1S/C40H41NS2/c1-7-10-16-31-27(6)42-40-33(22-19-25(4)38(31)40)29-15-11-14-28-20-21-30(24-36(28)41-26(5)23-29)32-17-12-18-35-34(13-8-2)37(9-3)43-39(32)35/h7-13,15-18,20-25,28,36,38,40-41H,1,3,5,14,19H2,2,4,6H3/b13-8-,15-11?,16-10-,29-23?. The molecule has 0 bridgehead atoms. The molecule has 43 heavy (non-hydrogen) atoms. The smallest absolute Gasteiger partial charge is 0.0518 e. The Morgan fingerprint density at radius 2 is 1.93 bits per heavy atom. The number of rotatable bonds is 6. The predicted molar refractivity (Wildman–Crippen MR) is 194 cm³/mol. The van der Waals surface area contributed by atoms with E-state index in [9.17, 15) is 0 Å². The van der Waals surface area contributed by atoms with Crippen molar-refractivity contribution in [2.24, 2.45) is 17.8 Å². The highest BCUT2D eigenvalue weighted by Crippen LogP contribution is 2.53. The first-order valence-corrected chi connectivity index (χ1v) is 17.0. The van der Waals surface area contributed by atoms with E-state index in [0.717, 1.165) is 18.5 Å². The second-order valence-electron chi connectivity index (χ2n) is 11.9. The van der Waals surface area contributed by atoms with E-state index >= 15 is 0 Å². The van der Waals surface area contributed by atoms with Crippen LogP contribution < -0.4 is 5.32 Å². The number of hydrogen-bond donors (Lipinski definition) is 1. The van der Waals surface area contributed by atoms with Crippen LogP contribution in [0.3, 0.4) is 0 Å². The summed E-state index contributed by atoms with van der Waals surface area (Å²) in [7, 11) is 0. The van der Waals surface area contributed by atoms with Crippen molar-refractivity contribution in [3.05, 3.63) is 148 Å². The Morgan fingerprint density at radius 3 is 2.72 bits per heavy atom. The molecule has 218 valence electrons. The Hall–Kier alpha value is -3.53. The van der Waals surface area contributed by atoms with Crippen molar-refractivity contribution in [2.75, 3.05) is 0 Å². The average Bonchev–Trinajstić information content (AvgIpc) is 3.55. The number of hydrogen-bond acceptors (Lipinski definition) is 3. The zero-order chi connectivity index (χ0) is 30.1. The van der Waals surface area contributed by atoms with Gasteiger partial charge >= 0.3 is 0 Å². The van der Waals surface area contributed by atoms with Crippen molar-refractivity contribution >= 4 is 50.9 Å². The van der Waals surface area contributed by atoms with Crippen LogP contribution in [0.1, 0.15) is 49.6 Å². The van der Waals surface area contributed by atoms with E-state index in [1.165, 1.54) is 53.3 Å². The Balaban J connectivity index is 1.30. The third kappa shape index (κ3) is 5.61. The lowest BCUT2D eigenvalue weighted by molar-refractivity contribution is 0.411. The van der Waals surface area contributed by atoms with Gasteiger partial charge in [0.2, 0.25) is 0 Å². The second-order valence-corrected chi connectivity index (χ2v) is 14.3. The lowest BCUT2D eigenvalue weighted by atomic mass is 9.74. The minimum atomic E-state index is 0.172. The molecule has 0 spiro atoms. The van der Waals surface area contributed by atoms with Crippen LogP contribution in [0.2, 0.25) is 0 Å². The minimum absolute atomic E-state index is 0.172. The van der Waals surface area contributed by atoms with Crippen LogP contribution in [0.25, 0.3) is 27.8 Å². The first kappa shape index (κ1) is 29.5. The summed E-state index contributed by atoms with van der Waals surface area (Å²) >= 11 is 3.86. The molecule has 3 heterocycles. The second kappa shape index (κ2) is 12.6. The number of nitrogens with one attached hydrogen (secondary N) is 1. The van der Waals surface area contributed by atoms with Gasteiger partial charge in [-0.2, -0.15) is 0 Å². The van der Waals surface area contributed by atoms with Gasteiger partial charge in [-0.15, -0.1) is 23.1 Å². The summed E-state index contributed by atoms with van der Waals surface area (Å²) in [6.07, 6.45) is 31.2. The molecule has 4 aliphatic rings. The summed E-state index contributed by atoms with van der Waals surface area (Å²) in [5.41, 5.74) is 8.99. The summed E-state index contributed by atoms with van der Waals surface area (Å²) < 4.78 is 1.32. The van der Waals surface area contributed by atoms with Crippen LogP contribution in [0.15, 0.2) is 132 Å². The van der Waals surface area contributed by atoms with Crippen LogP contribution in [-0.4, -0.2) is 11.3 Å². The van der Waals surface area contributed by atoms with Gasteiger partial charge in [0.1, 0.15) is 0 Å². The molecule has 0 radical (unpaired) electrons. The van der Waals surface area contributed by atoms with Gasteiger partial charge in [-0.05, 0) is 77.0 Å². The van der Waals surface area contributed by atoms with E-state index in [-0.39, 0.29) is 6.04 Å². The van der Waals surface area contributed by atoms with E-state index in [1.54, 1.807) is 0 Å². The van der Waals surface area contributed by atoms with Crippen LogP contribution in [0.5, 0.6) is 0 Å². The van der Waals surface area contributed by atoms with E-state index in [4.69, 9.17) is 0 Å². The van der Waals surface area contributed by atoms with Crippen molar-refractivity contribution in [3.8, 4) is 0 Å². The molecular formula is C40H41NS2. The van der Waals surface area contributed by atoms with Crippen LogP contribution in [-0.2, 0) is 0 Å². The summed E-state index contributed by atoms with van der Waals surface area (Å²) in [6, 6.07) is 6.84. The summed E-state index contributed by atoms with van der Waals surface area (Å²) in [4.78, 5) is 2.66. The lowest BCUT2D eigenvalue weighted by Crippen LogP contribution is -2.34. The van der Waals surface area contributed by atoms with Gasteiger partial charge in [0.15, 0.2) is 0 Å². The first-order valence-electron chi connectivity index (χ1n) is 15.3. The molecular weight excluding hydrogens is 559 g/mol. The van der Waals surface area contributed by atoms with Crippen LogP contribution in [0, 0.1) is 17.8 Å². The highest BCUT2D eigenvalue weighted by Gasteiger charge is 2.41. The van der Waals surface area contributed by atoms with Gasteiger partial charge in [0.05, 0.1) is 6.04 Å². The van der Waals surface area contributed by atoms with E-state index in [2.05, 4.69) is 131 Å². The maximum absolute atomic E-state index is 4.50. The zero-order valence-electron chi connectivity index (χ0n) is 25.5. The van der Waals surface area contributed by atoms with E-state index in [1.807, 2.05) is 35.3 Å². The van der Waals surface area contributed by atoms with Crippen molar-refractivity contribution < 1.29 is 0 Å². The monoisotopic (exact) mass is 599 g/mol. The fourth-order valence-electron chi connectivity index (χ4n) is 7.02. The van der Waals surface area contributed by atoms with E-state index in [0.29, 0.717) is 23.0 Å². The quantitative estimate of drug-likeness (QED) is 0.332. The minimum Gasteiger partial charge on any atom is -0.379 e. The molecule has 0 saturated carbocycles. The first-order chi connectivity index (χ1) is 20.9. The molecule has 3 heteroatoms. The topological polar surface area (TPSA) is 12.0 Å². The van der Waals surface area contributed by atoms with Gasteiger partial charge in [-0.3, -0.25) is 0 Å². The number of thiophene rings is 1. The largest absolute Gasteiger partial charge is 0.379 e. The maximum atomic E-state index is 4.50. The molecule has 1 nitrogen and oxygen atoms in total. The van der Waals surface area contributed by atoms with Gasteiger partial charge in [0.25, 0.3) is 0 Å². The van der Waals surface area contributed by atoms with Crippen LogP contribution in [0.4, 0.5) is 0 Å². The molecule has 2 aliphatic heterocycles. The van der Waals surface area contributed by atoms with Crippen molar-refractivity contribution in [2.45, 2.75) is 44.9 Å². The average molecular weight is 600 g/mol. The Bertz CT molecular complexity index is 1730. The van der Waals surface area contributed by atoms with Crippen molar-refractivity contribution in [1.29, 1.82) is 0 Å². The van der Waals surface area contributed by atoms with Crippen LogP contribution >= 0.6 is 23.1 Å². The Labute approximate surface area is 265 Å². The lowest BCUT2D eigenvalue weighted by Gasteiger charge is -2.33. The molecule has 0 saturated heterocycles. The summed E-state index contributed by atoms with van der Waals surface area (Å²) in [5.74, 6) is 1.50. The van der Waals surface area contributed by atoms with Gasteiger partial charge in [-0.25, -0.2) is 0 Å². The number of fused-ring (bicyclic) bond motifs is 3. The normalized spacial score (nSPS) is 27.3. The number of benzene rings is 1. The fourth-order valence-corrected chi connectivity index (χ4v) is 9.84. The molecule has 0 fully saturated rings. The van der Waals surface area contributed by atoms with E-state index < -0.39 is 0 Å². The van der Waals surface area contributed by atoms with Crippen molar-refractivity contribution in [3.63, 3.8) is 0 Å². The molecule has 5 unspecified atom stereocenters. The molecule has 1 aromatic carbocycles. The zero-order valence-corrected chi connectivity index (χ0v) is 27.1. The molecule has 2 aliphatic carbocycles. The highest BCUT2D eigenvalue weighted by molar-refractivity contribution is 8.04. The highest BCUT2D eigenvalue weighted by atomic mass is 32.2. The SMILES string of the molecule is C=C/C=C\C1=C(C)SC2C(C3=CC(=C)NC4C=C(c5cccc6c(/C=C\C)c(C=C)sc56)C=CC4CC=C3)=CCC(C)C12. The fraction of sp³-hybridized carbons (Fsp3) is 0.250. The van der Waals surface area contributed by atoms with Gasteiger partial charge < -0.3 is 5.32 Å².